The van der Waals surface area contributed by atoms with Gasteiger partial charge in [-0.25, -0.2) is 13.1 Å². The van der Waals surface area contributed by atoms with Crippen molar-refractivity contribution in [1.82, 2.24) is 19.8 Å². The molecule has 0 bridgehead atoms. The Morgan fingerprint density at radius 1 is 1.30 bits per heavy atom. The van der Waals surface area contributed by atoms with Crippen LogP contribution < -0.4 is 4.72 Å². The van der Waals surface area contributed by atoms with Crippen LogP contribution in [-0.2, 0) is 16.6 Å². The number of hydrogen-bond acceptors (Lipinski definition) is 8. The molecule has 4 rings (SSSR count). The van der Waals surface area contributed by atoms with Gasteiger partial charge in [-0.1, -0.05) is 0 Å². The Bertz CT molecular complexity index is 1030. The molecule has 1 saturated heterocycles. The van der Waals surface area contributed by atoms with E-state index in [1.807, 2.05) is 0 Å². The summed E-state index contributed by atoms with van der Waals surface area (Å²) in [5.74, 6) is 0.242. The average Bonchev–Trinajstić information content (AvgIpc) is 3.46. The molecule has 142 valence electrons. The summed E-state index contributed by atoms with van der Waals surface area (Å²) >= 11 is 1.03. The van der Waals surface area contributed by atoms with E-state index in [2.05, 4.69) is 14.9 Å². The molecule has 4 heterocycles. The number of carbonyl (C=O) groups excluding carboxylic acids is 1. The molecular formula is C16H16N4O5S2. The van der Waals surface area contributed by atoms with Gasteiger partial charge in [0.15, 0.2) is 0 Å². The lowest BCUT2D eigenvalue weighted by molar-refractivity contribution is 0.0754. The first-order valence-corrected chi connectivity index (χ1v) is 10.6. The third kappa shape index (κ3) is 3.80. The highest BCUT2D eigenvalue weighted by Crippen LogP contribution is 2.28. The number of aromatic nitrogens is 2. The van der Waals surface area contributed by atoms with Crippen molar-refractivity contribution in [2.45, 2.75) is 23.6 Å². The van der Waals surface area contributed by atoms with Gasteiger partial charge in [0.2, 0.25) is 15.9 Å². The summed E-state index contributed by atoms with van der Waals surface area (Å²) in [6.45, 7) is 1.41. The lowest BCUT2D eigenvalue weighted by Crippen LogP contribution is -2.27. The molecule has 0 unspecified atom stereocenters. The molecule has 27 heavy (non-hydrogen) atoms. The Balaban J connectivity index is 1.48. The summed E-state index contributed by atoms with van der Waals surface area (Å²) in [5, 5.41) is 9.27. The van der Waals surface area contributed by atoms with Gasteiger partial charge in [-0.3, -0.25) is 4.79 Å². The van der Waals surface area contributed by atoms with Crippen molar-refractivity contribution in [2.75, 3.05) is 13.1 Å². The van der Waals surface area contributed by atoms with Crippen molar-refractivity contribution < 1.29 is 22.0 Å². The fraction of sp³-hybridized carbons (Fsp3) is 0.312. The number of thiophene rings is 1. The van der Waals surface area contributed by atoms with Crippen LogP contribution in [-0.4, -0.2) is 42.5 Å². The maximum atomic E-state index is 12.4. The van der Waals surface area contributed by atoms with Crippen LogP contribution in [0, 0.1) is 0 Å². The van der Waals surface area contributed by atoms with Crippen molar-refractivity contribution in [3.63, 3.8) is 0 Å². The van der Waals surface area contributed by atoms with Gasteiger partial charge in [0.25, 0.3) is 0 Å². The van der Waals surface area contributed by atoms with E-state index < -0.39 is 10.0 Å². The molecule has 1 fully saturated rings. The van der Waals surface area contributed by atoms with E-state index >= 15 is 0 Å². The molecule has 1 N–H and O–H groups in total. The third-order valence-electron chi connectivity index (χ3n) is 4.10. The Kier molecular flexibility index (Phi) is 4.81. The molecule has 0 spiro atoms. The van der Waals surface area contributed by atoms with Crippen LogP contribution in [0.1, 0.15) is 29.3 Å². The number of sulfonamides is 1. The summed E-state index contributed by atoms with van der Waals surface area (Å²) in [7, 11) is -3.70. The van der Waals surface area contributed by atoms with Gasteiger partial charge in [0.1, 0.15) is 9.97 Å². The first-order valence-electron chi connectivity index (χ1n) is 8.27. The van der Waals surface area contributed by atoms with Crippen LogP contribution in [0.2, 0.25) is 0 Å². The summed E-state index contributed by atoms with van der Waals surface area (Å²) in [6.07, 6.45) is 3.40. The monoisotopic (exact) mass is 408 g/mol. The number of amides is 1. The Morgan fingerprint density at radius 2 is 2.11 bits per heavy atom. The maximum Gasteiger partial charge on any atom is 0.311 e. The molecule has 9 nitrogen and oxygen atoms in total. The minimum absolute atomic E-state index is 0.0532. The predicted molar refractivity (Wildman–Crippen MR) is 95.5 cm³/mol. The molecule has 3 aromatic rings. The van der Waals surface area contributed by atoms with Crippen LogP contribution in [0.4, 0.5) is 0 Å². The van der Waals surface area contributed by atoms with E-state index in [1.165, 1.54) is 12.3 Å². The second-order valence-corrected chi connectivity index (χ2v) is 8.88. The maximum absolute atomic E-state index is 12.4. The van der Waals surface area contributed by atoms with Crippen LogP contribution >= 0.6 is 11.3 Å². The van der Waals surface area contributed by atoms with Gasteiger partial charge in [0, 0.05) is 18.5 Å². The van der Waals surface area contributed by atoms with Gasteiger partial charge in [-0.2, -0.15) is 0 Å². The SMILES string of the molecule is O=C(c1nnc(-c2csc(S(=O)(=O)NCc3ccco3)c2)o1)N1CCCC1. The van der Waals surface area contributed by atoms with E-state index in [1.54, 1.807) is 22.4 Å². The molecule has 1 aliphatic rings. The second kappa shape index (κ2) is 7.25. The molecule has 3 aromatic heterocycles. The van der Waals surface area contributed by atoms with Gasteiger partial charge in [-0.15, -0.1) is 21.5 Å². The van der Waals surface area contributed by atoms with Crippen LogP contribution in [0.25, 0.3) is 11.5 Å². The van der Waals surface area contributed by atoms with Crippen molar-refractivity contribution in [2.24, 2.45) is 0 Å². The topological polar surface area (TPSA) is 119 Å². The van der Waals surface area contributed by atoms with E-state index in [9.17, 15) is 13.2 Å². The predicted octanol–water partition coefficient (Wildman–Crippen LogP) is 2.11. The Hall–Kier alpha value is -2.50. The van der Waals surface area contributed by atoms with Crippen molar-refractivity contribution in [3.8, 4) is 11.5 Å². The minimum Gasteiger partial charge on any atom is -0.468 e. The molecule has 1 aliphatic heterocycles. The number of furan rings is 1. The first-order chi connectivity index (χ1) is 13.0. The second-order valence-electron chi connectivity index (χ2n) is 5.97. The molecular weight excluding hydrogens is 392 g/mol. The molecule has 0 aliphatic carbocycles. The fourth-order valence-corrected chi connectivity index (χ4v) is 4.89. The van der Waals surface area contributed by atoms with Crippen LogP contribution in [0.15, 0.2) is 42.9 Å². The van der Waals surface area contributed by atoms with Gasteiger partial charge in [-0.05, 0) is 31.0 Å². The standard InChI is InChI=1S/C16H16N4O5S2/c21-16(20-5-1-2-6-20)15-19-18-14(25-15)11-8-13(26-10-11)27(22,23)17-9-12-4-3-7-24-12/h3-4,7-8,10,17H,1-2,5-6,9H2. The number of nitrogens with one attached hydrogen (secondary N) is 1. The first kappa shape index (κ1) is 17.9. The number of hydrogen-bond donors (Lipinski definition) is 1. The van der Waals surface area contributed by atoms with Crippen molar-refractivity contribution >= 4 is 27.3 Å². The highest BCUT2D eigenvalue weighted by atomic mass is 32.2. The molecule has 0 saturated carbocycles. The normalized spacial score (nSPS) is 14.7. The van der Waals surface area contributed by atoms with E-state index in [0.717, 1.165) is 24.2 Å². The number of rotatable bonds is 6. The molecule has 0 radical (unpaired) electrons. The summed E-state index contributed by atoms with van der Waals surface area (Å²) in [5.41, 5.74) is 0.450. The zero-order valence-corrected chi connectivity index (χ0v) is 15.8. The van der Waals surface area contributed by atoms with Crippen molar-refractivity contribution in [3.05, 3.63) is 41.5 Å². The molecule has 0 aromatic carbocycles. The van der Waals surface area contributed by atoms with E-state index in [0.29, 0.717) is 24.4 Å². The van der Waals surface area contributed by atoms with E-state index in [4.69, 9.17) is 8.83 Å². The quantitative estimate of drug-likeness (QED) is 0.663. The average molecular weight is 408 g/mol. The third-order valence-corrected chi connectivity index (χ3v) is 6.95. The molecule has 1 amide bonds. The lowest BCUT2D eigenvalue weighted by Gasteiger charge is -2.11. The van der Waals surface area contributed by atoms with Crippen LogP contribution in [0.5, 0.6) is 0 Å². The lowest BCUT2D eigenvalue weighted by atomic mass is 10.3. The van der Waals surface area contributed by atoms with Gasteiger partial charge < -0.3 is 13.7 Å². The van der Waals surface area contributed by atoms with Crippen molar-refractivity contribution in [1.29, 1.82) is 0 Å². The van der Waals surface area contributed by atoms with Crippen LogP contribution in [0.3, 0.4) is 0 Å². The Morgan fingerprint density at radius 3 is 2.85 bits per heavy atom. The molecule has 11 heteroatoms. The smallest absolute Gasteiger partial charge is 0.311 e. The largest absolute Gasteiger partial charge is 0.468 e. The fourth-order valence-electron chi connectivity index (χ4n) is 2.70. The van der Waals surface area contributed by atoms with Gasteiger partial charge >= 0.3 is 11.8 Å². The van der Waals surface area contributed by atoms with E-state index in [-0.39, 0.29) is 28.4 Å². The number of carbonyl (C=O) groups is 1. The molecule has 0 atom stereocenters. The zero-order chi connectivity index (χ0) is 18.9. The summed E-state index contributed by atoms with van der Waals surface area (Å²) < 4.78 is 37.9. The number of nitrogens with zero attached hydrogens (tertiary/aromatic N) is 3. The highest BCUT2D eigenvalue weighted by molar-refractivity contribution is 7.91. The number of likely N-dealkylation sites (tertiary alicyclic amines) is 1. The zero-order valence-electron chi connectivity index (χ0n) is 14.1. The summed E-state index contributed by atoms with van der Waals surface area (Å²) in [4.78, 5) is 13.9. The summed E-state index contributed by atoms with van der Waals surface area (Å²) in [6, 6.07) is 4.80. The Labute approximate surface area is 159 Å². The highest BCUT2D eigenvalue weighted by Gasteiger charge is 2.25. The minimum atomic E-state index is -3.70. The van der Waals surface area contributed by atoms with Gasteiger partial charge in [0.05, 0.1) is 18.4 Å².